The van der Waals surface area contributed by atoms with Crippen molar-refractivity contribution in [1.29, 1.82) is 0 Å². The van der Waals surface area contributed by atoms with E-state index in [2.05, 4.69) is 0 Å². The summed E-state index contributed by atoms with van der Waals surface area (Å²) < 4.78 is 25.6. The summed E-state index contributed by atoms with van der Waals surface area (Å²) in [5, 5.41) is 0. The van der Waals surface area contributed by atoms with E-state index >= 15 is 0 Å². The van der Waals surface area contributed by atoms with Gasteiger partial charge in [-0.25, -0.2) is 8.42 Å². The van der Waals surface area contributed by atoms with Gasteiger partial charge in [0.2, 0.25) is 5.91 Å². The molecule has 0 unspecified atom stereocenters. The molecule has 2 aromatic rings. The minimum absolute atomic E-state index is 0.186. The Balaban J connectivity index is 2.05. The monoisotopic (exact) mass is 329 g/mol. The molecule has 0 radical (unpaired) electrons. The van der Waals surface area contributed by atoms with Crippen molar-refractivity contribution >= 4 is 21.4 Å². The number of sulfone groups is 1. The van der Waals surface area contributed by atoms with Crippen molar-refractivity contribution in [3.63, 3.8) is 0 Å². The predicted octanol–water partition coefficient (Wildman–Crippen LogP) is 2.70. The zero-order chi connectivity index (χ0) is 16.8. The average molecular weight is 329 g/mol. The standard InChI is InChI=1S/C18H19NO3S/c1-13-8-10-14(11-9-13)23(21,22)12-18(2)15-6-4-5-7-16(15)19(3)17(18)20/h4-11H,12H2,1-3H3/t18-/m1/s1. The molecule has 1 amide bonds. The highest BCUT2D eigenvalue weighted by molar-refractivity contribution is 7.91. The summed E-state index contributed by atoms with van der Waals surface area (Å²) >= 11 is 0. The second kappa shape index (κ2) is 5.20. The second-order valence-corrected chi connectivity index (χ2v) is 8.28. The summed E-state index contributed by atoms with van der Waals surface area (Å²) in [6, 6.07) is 14.1. The van der Waals surface area contributed by atoms with Crippen molar-refractivity contribution in [3.8, 4) is 0 Å². The van der Waals surface area contributed by atoms with E-state index in [4.69, 9.17) is 0 Å². The third-order valence-corrected chi connectivity index (χ3v) is 6.44. The van der Waals surface area contributed by atoms with Gasteiger partial charge < -0.3 is 4.90 Å². The summed E-state index contributed by atoms with van der Waals surface area (Å²) in [6.07, 6.45) is 0. The molecule has 0 aromatic heterocycles. The van der Waals surface area contributed by atoms with Crippen LogP contribution >= 0.6 is 0 Å². The van der Waals surface area contributed by atoms with Gasteiger partial charge in [-0.05, 0) is 37.6 Å². The summed E-state index contributed by atoms with van der Waals surface area (Å²) in [7, 11) is -1.88. The molecule has 0 saturated heterocycles. The molecule has 0 spiro atoms. The van der Waals surface area contributed by atoms with E-state index in [1.807, 2.05) is 31.2 Å². The quantitative estimate of drug-likeness (QED) is 0.870. The first-order valence-corrected chi connectivity index (χ1v) is 9.08. The van der Waals surface area contributed by atoms with Crippen LogP contribution in [0.4, 0.5) is 5.69 Å². The summed E-state index contributed by atoms with van der Waals surface area (Å²) in [5.41, 5.74) is 1.48. The number of rotatable bonds is 3. The molecule has 0 fully saturated rings. The third kappa shape index (κ3) is 2.45. The summed E-state index contributed by atoms with van der Waals surface area (Å²) in [5.74, 6) is -0.419. The maximum Gasteiger partial charge on any atom is 0.238 e. The number of carbonyl (C=O) groups excluding carboxylic acids is 1. The lowest BCUT2D eigenvalue weighted by Crippen LogP contribution is -2.41. The van der Waals surface area contributed by atoms with Crippen LogP contribution in [-0.2, 0) is 20.0 Å². The third-order valence-electron chi connectivity index (χ3n) is 4.50. The number of aryl methyl sites for hydroxylation is 1. The van der Waals surface area contributed by atoms with Gasteiger partial charge in [0.05, 0.1) is 16.1 Å². The van der Waals surface area contributed by atoms with Gasteiger partial charge in [-0.2, -0.15) is 0 Å². The Morgan fingerprint density at radius 1 is 1.04 bits per heavy atom. The van der Waals surface area contributed by atoms with Crippen molar-refractivity contribution in [2.24, 2.45) is 0 Å². The number of anilines is 1. The van der Waals surface area contributed by atoms with Gasteiger partial charge in [0.15, 0.2) is 9.84 Å². The van der Waals surface area contributed by atoms with Crippen molar-refractivity contribution in [2.45, 2.75) is 24.2 Å². The largest absolute Gasteiger partial charge is 0.314 e. The fraction of sp³-hybridized carbons (Fsp3) is 0.278. The van der Waals surface area contributed by atoms with Crippen LogP contribution in [0.3, 0.4) is 0 Å². The van der Waals surface area contributed by atoms with Gasteiger partial charge in [0, 0.05) is 12.7 Å². The topological polar surface area (TPSA) is 54.5 Å². The highest BCUT2D eigenvalue weighted by Crippen LogP contribution is 2.42. The molecule has 23 heavy (non-hydrogen) atoms. The maximum absolute atomic E-state index is 12.8. The molecule has 0 bridgehead atoms. The van der Waals surface area contributed by atoms with E-state index in [1.54, 1.807) is 43.1 Å². The molecule has 3 rings (SSSR count). The number of nitrogens with zero attached hydrogens (tertiary/aromatic N) is 1. The number of likely N-dealkylation sites (N-methyl/N-ethyl adjacent to an activating group) is 1. The molecule has 0 saturated carbocycles. The number of carbonyl (C=O) groups is 1. The van der Waals surface area contributed by atoms with Crippen LogP contribution in [0.25, 0.3) is 0 Å². The Morgan fingerprint density at radius 3 is 2.30 bits per heavy atom. The molecule has 1 atom stereocenters. The molecule has 120 valence electrons. The number of fused-ring (bicyclic) bond motifs is 1. The average Bonchev–Trinajstić information content (AvgIpc) is 2.70. The maximum atomic E-state index is 12.8. The van der Waals surface area contributed by atoms with Gasteiger partial charge in [-0.3, -0.25) is 4.79 Å². The van der Waals surface area contributed by atoms with Crippen LogP contribution in [0.5, 0.6) is 0 Å². The van der Waals surface area contributed by atoms with Crippen LogP contribution in [0, 0.1) is 6.92 Å². The SMILES string of the molecule is Cc1ccc(S(=O)(=O)C[C@@]2(C)C(=O)N(C)c3ccccc32)cc1. The van der Waals surface area contributed by atoms with Crippen molar-refractivity contribution in [3.05, 3.63) is 59.7 Å². The Hall–Kier alpha value is -2.14. The van der Waals surface area contributed by atoms with Crippen LogP contribution in [-0.4, -0.2) is 27.1 Å². The van der Waals surface area contributed by atoms with Gasteiger partial charge in [0.1, 0.15) is 0 Å². The van der Waals surface area contributed by atoms with Crippen LogP contribution < -0.4 is 4.90 Å². The number of amides is 1. The molecule has 1 heterocycles. The molecule has 2 aromatic carbocycles. The summed E-state index contributed by atoms with van der Waals surface area (Å²) in [6.45, 7) is 3.62. The highest BCUT2D eigenvalue weighted by Gasteiger charge is 2.48. The molecule has 4 nitrogen and oxygen atoms in total. The van der Waals surface area contributed by atoms with Crippen LogP contribution in [0.2, 0.25) is 0 Å². The van der Waals surface area contributed by atoms with Crippen LogP contribution in [0.15, 0.2) is 53.4 Å². The van der Waals surface area contributed by atoms with Crippen molar-refractivity contribution in [1.82, 2.24) is 0 Å². The van der Waals surface area contributed by atoms with E-state index in [0.717, 1.165) is 16.8 Å². The fourth-order valence-electron chi connectivity index (χ4n) is 3.18. The minimum atomic E-state index is -3.57. The predicted molar refractivity (Wildman–Crippen MR) is 90.4 cm³/mol. The lowest BCUT2D eigenvalue weighted by molar-refractivity contribution is -0.121. The first-order valence-electron chi connectivity index (χ1n) is 7.43. The molecular weight excluding hydrogens is 310 g/mol. The summed E-state index contributed by atoms with van der Waals surface area (Å²) in [4.78, 5) is 14.5. The second-order valence-electron chi connectivity index (χ2n) is 6.29. The van der Waals surface area contributed by atoms with E-state index in [-0.39, 0.29) is 16.6 Å². The van der Waals surface area contributed by atoms with Gasteiger partial charge in [0.25, 0.3) is 0 Å². The minimum Gasteiger partial charge on any atom is -0.314 e. The lowest BCUT2D eigenvalue weighted by Gasteiger charge is -2.23. The number of hydrogen-bond acceptors (Lipinski definition) is 3. The Labute approximate surface area is 136 Å². The Kier molecular flexibility index (Phi) is 3.56. The van der Waals surface area contributed by atoms with Crippen molar-refractivity contribution in [2.75, 3.05) is 17.7 Å². The fourth-order valence-corrected chi connectivity index (χ4v) is 4.93. The van der Waals surface area contributed by atoms with Gasteiger partial charge in [-0.1, -0.05) is 35.9 Å². The zero-order valence-electron chi connectivity index (χ0n) is 13.4. The van der Waals surface area contributed by atoms with Gasteiger partial charge >= 0.3 is 0 Å². The normalized spacial score (nSPS) is 20.7. The Morgan fingerprint density at radius 2 is 1.65 bits per heavy atom. The highest BCUT2D eigenvalue weighted by atomic mass is 32.2. The Bertz CT molecular complexity index is 871. The van der Waals surface area contributed by atoms with Crippen LogP contribution in [0.1, 0.15) is 18.1 Å². The van der Waals surface area contributed by atoms with E-state index in [1.165, 1.54) is 0 Å². The number of benzene rings is 2. The van der Waals surface area contributed by atoms with E-state index in [9.17, 15) is 13.2 Å². The number of hydrogen-bond donors (Lipinski definition) is 0. The van der Waals surface area contributed by atoms with Gasteiger partial charge in [-0.15, -0.1) is 0 Å². The molecule has 1 aliphatic heterocycles. The number of para-hydroxylation sites is 1. The smallest absolute Gasteiger partial charge is 0.238 e. The zero-order valence-corrected chi connectivity index (χ0v) is 14.2. The molecular formula is C18H19NO3S. The lowest BCUT2D eigenvalue weighted by atomic mass is 9.86. The molecule has 0 N–H and O–H groups in total. The van der Waals surface area contributed by atoms with E-state index < -0.39 is 15.3 Å². The first-order chi connectivity index (χ1) is 10.8. The molecule has 1 aliphatic rings. The first kappa shape index (κ1) is 15.7. The van der Waals surface area contributed by atoms with E-state index in [0.29, 0.717) is 0 Å². The molecule has 5 heteroatoms. The van der Waals surface area contributed by atoms with Crippen molar-refractivity contribution < 1.29 is 13.2 Å². The molecule has 0 aliphatic carbocycles.